The van der Waals surface area contributed by atoms with Crippen LogP contribution in [0.4, 0.5) is 0 Å². The third kappa shape index (κ3) is 5.93. The summed E-state index contributed by atoms with van der Waals surface area (Å²) in [4.78, 5) is 12.9. The van der Waals surface area contributed by atoms with Crippen molar-refractivity contribution >= 4 is 16.1 Å². The van der Waals surface area contributed by atoms with Gasteiger partial charge in [-0.15, -0.1) is 0 Å². The molecular formula is C25H35N3O4S. The van der Waals surface area contributed by atoms with Crippen LogP contribution in [0, 0.1) is 0 Å². The average Bonchev–Trinajstić information content (AvgIpc) is 2.84. The molecule has 1 aliphatic carbocycles. The van der Waals surface area contributed by atoms with Crippen LogP contribution in [0.5, 0.6) is 5.75 Å². The van der Waals surface area contributed by atoms with E-state index in [-0.39, 0.29) is 17.4 Å². The van der Waals surface area contributed by atoms with E-state index in [2.05, 4.69) is 22.2 Å². The van der Waals surface area contributed by atoms with E-state index < -0.39 is 10.2 Å². The molecule has 1 aliphatic rings. The lowest BCUT2D eigenvalue weighted by atomic mass is 9.68. The molecule has 1 fully saturated rings. The van der Waals surface area contributed by atoms with Crippen LogP contribution in [0.1, 0.15) is 55.5 Å². The third-order valence-electron chi connectivity index (χ3n) is 6.63. The smallest absolute Gasteiger partial charge is 0.279 e. The Balaban J connectivity index is 1.74. The molecule has 0 spiro atoms. The Morgan fingerprint density at radius 1 is 1.03 bits per heavy atom. The topological polar surface area (TPSA) is 87.7 Å². The highest BCUT2D eigenvalue weighted by atomic mass is 32.2. The first-order chi connectivity index (χ1) is 15.8. The van der Waals surface area contributed by atoms with Gasteiger partial charge in [-0.1, -0.05) is 56.3 Å². The van der Waals surface area contributed by atoms with E-state index in [1.165, 1.54) is 4.31 Å². The zero-order valence-electron chi connectivity index (χ0n) is 19.7. The molecule has 0 heterocycles. The molecule has 33 heavy (non-hydrogen) atoms. The van der Waals surface area contributed by atoms with Gasteiger partial charge in [-0.3, -0.25) is 4.79 Å². The summed E-state index contributed by atoms with van der Waals surface area (Å²) in [6.45, 7) is 5.05. The summed E-state index contributed by atoms with van der Waals surface area (Å²) in [5.74, 6) is 0.366. The molecule has 0 atom stereocenters. The molecular weight excluding hydrogens is 438 g/mol. The fourth-order valence-electron chi connectivity index (χ4n) is 4.67. The van der Waals surface area contributed by atoms with Crippen LogP contribution in [0.3, 0.4) is 0 Å². The Labute approximate surface area is 197 Å². The molecule has 2 aromatic carbocycles. The SMILES string of the molecule is CCN(CC)S(=O)(=O)N[C@H]1CC[C@@](CNC(=O)c2ccccc2OC)(c2ccccc2)CC1. The van der Waals surface area contributed by atoms with Gasteiger partial charge < -0.3 is 10.1 Å². The van der Waals surface area contributed by atoms with Gasteiger partial charge >= 0.3 is 0 Å². The van der Waals surface area contributed by atoms with Gasteiger partial charge in [0.05, 0.1) is 12.7 Å². The molecule has 0 bridgehead atoms. The Hall–Kier alpha value is -2.42. The maximum absolute atomic E-state index is 12.9. The van der Waals surface area contributed by atoms with Crippen molar-refractivity contribution in [1.82, 2.24) is 14.3 Å². The summed E-state index contributed by atoms with van der Waals surface area (Å²) in [5, 5.41) is 3.12. The normalized spacial score (nSPS) is 21.0. The minimum absolute atomic E-state index is 0.114. The second kappa shape index (κ2) is 11.1. The summed E-state index contributed by atoms with van der Waals surface area (Å²) in [6.07, 6.45) is 2.96. The summed E-state index contributed by atoms with van der Waals surface area (Å²) < 4.78 is 35.0. The fourth-order valence-corrected chi connectivity index (χ4v) is 6.16. The molecule has 7 nitrogen and oxygen atoms in total. The number of amides is 1. The van der Waals surface area contributed by atoms with Crippen molar-refractivity contribution in [3.8, 4) is 5.75 Å². The van der Waals surface area contributed by atoms with E-state index in [9.17, 15) is 13.2 Å². The number of methoxy groups -OCH3 is 1. The molecule has 3 rings (SSSR count). The minimum Gasteiger partial charge on any atom is -0.496 e. The number of rotatable bonds is 10. The Morgan fingerprint density at radius 2 is 1.64 bits per heavy atom. The lowest BCUT2D eigenvalue weighted by Crippen LogP contribution is -2.50. The van der Waals surface area contributed by atoms with Gasteiger partial charge in [0, 0.05) is 31.1 Å². The number of benzene rings is 2. The monoisotopic (exact) mass is 473 g/mol. The molecule has 0 saturated heterocycles. The van der Waals surface area contributed by atoms with Gasteiger partial charge in [0.2, 0.25) is 0 Å². The van der Waals surface area contributed by atoms with Crippen molar-refractivity contribution in [2.75, 3.05) is 26.7 Å². The summed E-state index contributed by atoms with van der Waals surface area (Å²) >= 11 is 0. The Bertz CT molecular complexity index is 1010. The predicted octanol–water partition coefficient (Wildman–Crippen LogP) is 3.48. The molecule has 0 unspecified atom stereocenters. The van der Waals surface area contributed by atoms with E-state index in [4.69, 9.17) is 4.74 Å². The van der Waals surface area contributed by atoms with Crippen molar-refractivity contribution in [2.45, 2.75) is 51.0 Å². The van der Waals surface area contributed by atoms with E-state index >= 15 is 0 Å². The number of ether oxygens (including phenoxy) is 1. The quantitative estimate of drug-likeness (QED) is 0.553. The van der Waals surface area contributed by atoms with Gasteiger partial charge in [0.25, 0.3) is 16.1 Å². The summed E-state index contributed by atoms with van der Waals surface area (Å²) in [5.41, 5.74) is 1.41. The lowest BCUT2D eigenvalue weighted by molar-refractivity contribution is 0.0932. The molecule has 0 aromatic heterocycles. The van der Waals surface area contributed by atoms with Crippen LogP contribution in [0.25, 0.3) is 0 Å². The van der Waals surface area contributed by atoms with E-state index in [0.29, 0.717) is 43.8 Å². The van der Waals surface area contributed by atoms with Crippen molar-refractivity contribution in [1.29, 1.82) is 0 Å². The molecule has 2 N–H and O–H groups in total. The van der Waals surface area contributed by atoms with Gasteiger partial charge in [-0.2, -0.15) is 17.4 Å². The number of carbonyl (C=O) groups is 1. The minimum atomic E-state index is -3.49. The van der Waals surface area contributed by atoms with Crippen molar-refractivity contribution in [3.63, 3.8) is 0 Å². The van der Waals surface area contributed by atoms with Crippen molar-refractivity contribution < 1.29 is 17.9 Å². The zero-order chi connectivity index (χ0) is 23.9. The molecule has 8 heteroatoms. The Morgan fingerprint density at radius 3 is 2.24 bits per heavy atom. The Kier molecular flexibility index (Phi) is 8.51. The first-order valence-electron chi connectivity index (χ1n) is 11.6. The van der Waals surface area contributed by atoms with Gasteiger partial charge in [0.15, 0.2) is 0 Å². The number of nitrogens with zero attached hydrogens (tertiary/aromatic N) is 1. The largest absolute Gasteiger partial charge is 0.496 e. The maximum atomic E-state index is 12.9. The van der Waals surface area contributed by atoms with Gasteiger partial charge in [-0.05, 0) is 43.4 Å². The highest BCUT2D eigenvalue weighted by Gasteiger charge is 2.38. The average molecular weight is 474 g/mol. The highest BCUT2D eigenvalue weighted by molar-refractivity contribution is 7.87. The third-order valence-corrected chi connectivity index (χ3v) is 8.46. The van der Waals surface area contributed by atoms with E-state index in [1.54, 1.807) is 19.2 Å². The number of para-hydroxylation sites is 1. The standard InChI is InChI=1S/C25H35N3O4S/c1-4-28(5-2)33(30,31)27-21-15-17-25(18-16-21,20-11-7-6-8-12-20)19-26-24(29)22-13-9-10-14-23(22)32-3/h6-14,21,27H,4-5,15-19H2,1-3H3,(H,26,29)/t21-,25+. The second-order valence-corrected chi connectivity index (χ2v) is 10.2. The molecule has 0 aliphatic heterocycles. The zero-order valence-corrected chi connectivity index (χ0v) is 20.5. The van der Waals surface area contributed by atoms with Crippen LogP contribution in [-0.4, -0.2) is 51.4 Å². The lowest BCUT2D eigenvalue weighted by Gasteiger charge is -2.41. The number of hydrogen-bond acceptors (Lipinski definition) is 4. The maximum Gasteiger partial charge on any atom is 0.279 e. The van der Waals surface area contributed by atoms with Crippen molar-refractivity contribution in [2.24, 2.45) is 0 Å². The molecule has 2 aromatic rings. The van der Waals surface area contributed by atoms with Gasteiger partial charge in [0.1, 0.15) is 5.75 Å². The molecule has 180 valence electrons. The fraction of sp³-hybridized carbons (Fsp3) is 0.480. The number of carbonyl (C=O) groups excluding carboxylic acids is 1. The van der Waals surface area contributed by atoms with Crippen LogP contribution >= 0.6 is 0 Å². The van der Waals surface area contributed by atoms with Crippen LogP contribution < -0.4 is 14.8 Å². The first-order valence-corrected chi connectivity index (χ1v) is 13.0. The van der Waals surface area contributed by atoms with Crippen LogP contribution in [0.2, 0.25) is 0 Å². The summed E-state index contributed by atoms with van der Waals surface area (Å²) in [6, 6.07) is 17.2. The van der Waals surface area contributed by atoms with Crippen molar-refractivity contribution in [3.05, 3.63) is 65.7 Å². The number of hydrogen-bond donors (Lipinski definition) is 2. The molecule has 1 saturated carbocycles. The predicted molar refractivity (Wildman–Crippen MR) is 131 cm³/mol. The number of nitrogens with one attached hydrogen (secondary N) is 2. The molecule has 1 amide bonds. The molecule has 0 radical (unpaired) electrons. The summed E-state index contributed by atoms with van der Waals surface area (Å²) in [7, 11) is -1.94. The second-order valence-electron chi connectivity index (χ2n) is 8.51. The highest BCUT2D eigenvalue weighted by Crippen LogP contribution is 2.39. The first kappa shape index (κ1) is 25.2. The van der Waals surface area contributed by atoms with Gasteiger partial charge in [-0.25, -0.2) is 0 Å². The van der Waals surface area contributed by atoms with E-state index in [1.807, 2.05) is 44.2 Å². The van der Waals surface area contributed by atoms with E-state index in [0.717, 1.165) is 18.4 Å². The van der Waals surface area contributed by atoms with Crippen LogP contribution in [-0.2, 0) is 15.6 Å². The van der Waals surface area contributed by atoms with Crippen LogP contribution in [0.15, 0.2) is 54.6 Å².